The summed E-state index contributed by atoms with van der Waals surface area (Å²) in [5, 5.41) is 7.88. The predicted octanol–water partition coefficient (Wildman–Crippen LogP) is 2.03. The fourth-order valence-electron chi connectivity index (χ4n) is 2.16. The molecule has 5 nitrogen and oxygen atoms in total. The van der Waals surface area contributed by atoms with Crippen molar-refractivity contribution in [1.29, 1.82) is 0 Å². The molecule has 0 unspecified atom stereocenters. The summed E-state index contributed by atoms with van der Waals surface area (Å²) >= 11 is 0. The zero-order valence-electron chi connectivity index (χ0n) is 12.0. The SMILES string of the molecule is COCCNCc1cn(C)nc1-c1cc(C)oc1C. The van der Waals surface area contributed by atoms with Gasteiger partial charge in [0.05, 0.1) is 6.61 Å². The van der Waals surface area contributed by atoms with Crippen molar-refractivity contribution in [2.45, 2.75) is 20.4 Å². The van der Waals surface area contributed by atoms with Crippen LogP contribution in [0.1, 0.15) is 17.1 Å². The van der Waals surface area contributed by atoms with Gasteiger partial charge in [-0.25, -0.2) is 0 Å². The number of hydrogen-bond acceptors (Lipinski definition) is 4. The van der Waals surface area contributed by atoms with Gasteiger partial charge in [0, 0.05) is 44.6 Å². The number of methoxy groups -OCH3 is 1. The Bertz CT molecular complexity index is 543. The number of rotatable bonds is 6. The summed E-state index contributed by atoms with van der Waals surface area (Å²) in [6, 6.07) is 2.04. The molecule has 5 heteroatoms. The lowest BCUT2D eigenvalue weighted by Gasteiger charge is -2.03. The van der Waals surface area contributed by atoms with Gasteiger partial charge < -0.3 is 14.5 Å². The molecule has 104 valence electrons. The van der Waals surface area contributed by atoms with E-state index < -0.39 is 0 Å². The predicted molar refractivity (Wildman–Crippen MR) is 74.0 cm³/mol. The minimum atomic E-state index is 0.708. The standard InChI is InChI=1S/C14H21N3O2/c1-10-7-13(11(2)19-10)14-12(9-17(3)16-14)8-15-5-6-18-4/h7,9,15H,5-6,8H2,1-4H3. The molecule has 0 aromatic carbocycles. The Hall–Kier alpha value is -1.59. The second-order valence-electron chi connectivity index (χ2n) is 4.67. The molecule has 2 heterocycles. The molecule has 2 aromatic rings. The van der Waals surface area contributed by atoms with Gasteiger partial charge in [-0.2, -0.15) is 5.10 Å². The van der Waals surface area contributed by atoms with Crippen molar-refractivity contribution >= 4 is 0 Å². The number of nitrogens with zero attached hydrogens (tertiary/aromatic N) is 2. The first-order chi connectivity index (χ1) is 9.11. The van der Waals surface area contributed by atoms with E-state index in [1.54, 1.807) is 7.11 Å². The molecule has 1 N–H and O–H groups in total. The second-order valence-corrected chi connectivity index (χ2v) is 4.67. The Morgan fingerprint density at radius 1 is 1.42 bits per heavy atom. The van der Waals surface area contributed by atoms with Crippen LogP contribution in [0.2, 0.25) is 0 Å². The number of ether oxygens (including phenoxy) is 1. The molecule has 2 aromatic heterocycles. The molecule has 0 saturated carbocycles. The van der Waals surface area contributed by atoms with Crippen LogP contribution >= 0.6 is 0 Å². The van der Waals surface area contributed by atoms with Crippen LogP contribution in [0.15, 0.2) is 16.7 Å². The van der Waals surface area contributed by atoms with Crippen LogP contribution in [0.25, 0.3) is 11.3 Å². The summed E-state index contributed by atoms with van der Waals surface area (Å²) in [6.45, 7) is 6.24. The van der Waals surface area contributed by atoms with Gasteiger partial charge in [0.2, 0.25) is 0 Å². The van der Waals surface area contributed by atoms with E-state index in [1.807, 2.05) is 37.8 Å². The largest absolute Gasteiger partial charge is 0.466 e. The van der Waals surface area contributed by atoms with Crippen LogP contribution in [-0.2, 0) is 18.3 Å². The van der Waals surface area contributed by atoms with Crippen LogP contribution < -0.4 is 5.32 Å². The van der Waals surface area contributed by atoms with Crippen LogP contribution in [-0.4, -0.2) is 30.0 Å². The van der Waals surface area contributed by atoms with Crippen molar-refractivity contribution in [2.75, 3.05) is 20.3 Å². The Kier molecular flexibility index (Phi) is 4.39. The molecule has 0 bridgehead atoms. The van der Waals surface area contributed by atoms with Crippen LogP contribution in [0.4, 0.5) is 0 Å². The highest BCUT2D eigenvalue weighted by molar-refractivity contribution is 5.65. The van der Waals surface area contributed by atoms with Gasteiger partial charge in [0.25, 0.3) is 0 Å². The van der Waals surface area contributed by atoms with Gasteiger partial charge in [-0.3, -0.25) is 4.68 Å². The smallest absolute Gasteiger partial charge is 0.110 e. The lowest BCUT2D eigenvalue weighted by atomic mass is 10.1. The quantitative estimate of drug-likeness (QED) is 0.810. The molecular formula is C14H21N3O2. The molecule has 19 heavy (non-hydrogen) atoms. The van der Waals surface area contributed by atoms with Crippen molar-refractivity contribution in [3.05, 3.63) is 29.3 Å². The van der Waals surface area contributed by atoms with Gasteiger partial charge in [0.15, 0.2) is 0 Å². The minimum Gasteiger partial charge on any atom is -0.466 e. The van der Waals surface area contributed by atoms with Crippen LogP contribution in [0.3, 0.4) is 0 Å². The summed E-state index contributed by atoms with van der Waals surface area (Å²) in [5.41, 5.74) is 3.23. The van der Waals surface area contributed by atoms with Crippen LogP contribution in [0, 0.1) is 13.8 Å². The van der Waals surface area contributed by atoms with Gasteiger partial charge in [-0.05, 0) is 19.9 Å². The van der Waals surface area contributed by atoms with E-state index in [4.69, 9.17) is 9.15 Å². The van der Waals surface area contributed by atoms with E-state index in [0.717, 1.165) is 35.9 Å². The lowest BCUT2D eigenvalue weighted by Crippen LogP contribution is -2.18. The van der Waals surface area contributed by atoms with Crippen molar-refractivity contribution in [1.82, 2.24) is 15.1 Å². The Morgan fingerprint density at radius 2 is 2.21 bits per heavy atom. The molecular weight excluding hydrogens is 242 g/mol. The van der Waals surface area contributed by atoms with Crippen molar-refractivity contribution in [3.8, 4) is 11.3 Å². The highest BCUT2D eigenvalue weighted by Crippen LogP contribution is 2.28. The highest BCUT2D eigenvalue weighted by Gasteiger charge is 2.15. The Labute approximate surface area is 113 Å². The number of aryl methyl sites for hydroxylation is 3. The first-order valence-electron chi connectivity index (χ1n) is 6.41. The van der Waals surface area contributed by atoms with E-state index >= 15 is 0 Å². The zero-order valence-corrected chi connectivity index (χ0v) is 12.0. The molecule has 0 atom stereocenters. The summed E-state index contributed by atoms with van der Waals surface area (Å²) in [7, 11) is 3.64. The maximum Gasteiger partial charge on any atom is 0.110 e. The first kappa shape index (κ1) is 13.8. The molecule has 0 aliphatic carbocycles. The molecule has 0 radical (unpaired) electrons. The summed E-state index contributed by atoms with van der Waals surface area (Å²) in [5.74, 6) is 1.82. The summed E-state index contributed by atoms with van der Waals surface area (Å²) < 4.78 is 12.4. The Balaban J connectivity index is 2.18. The molecule has 0 amide bonds. The average Bonchev–Trinajstić information content (AvgIpc) is 2.87. The van der Waals surface area contributed by atoms with E-state index in [9.17, 15) is 0 Å². The average molecular weight is 263 g/mol. The molecule has 0 saturated heterocycles. The van der Waals surface area contributed by atoms with Crippen LogP contribution in [0.5, 0.6) is 0 Å². The van der Waals surface area contributed by atoms with Gasteiger partial charge >= 0.3 is 0 Å². The number of furan rings is 1. The highest BCUT2D eigenvalue weighted by atomic mass is 16.5. The monoisotopic (exact) mass is 263 g/mol. The topological polar surface area (TPSA) is 52.2 Å². The molecule has 0 spiro atoms. The molecule has 0 aliphatic rings. The second kappa shape index (κ2) is 6.04. The maximum absolute atomic E-state index is 5.59. The van der Waals surface area contributed by atoms with Crippen molar-refractivity contribution in [3.63, 3.8) is 0 Å². The molecule has 0 aliphatic heterocycles. The third kappa shape index (κ3) is 3.24. The third-order valence-electron chi connectivity index (χ3n) is 3.00. The van der Waals surface area contributed by atoms with E-state index in [2.05, 4.69) is 10.4 Å². The van der Waals surface area contributed by atoms with E-state index in [0.29, 0.717) is 6.61 Å². The lowest BCUT2D eigenvalue weighted by molar-refractivity contribution is 0.199. The van der Waals surface area contributed by atoms with Gasteiger partial charge in [-0.15, -0.1) is 0 Å². The summed E-state index contributed by atoms with van der Waals surface area (Å²) in [6.07, 6.45) is 2.04. The maximum atomic E-state index is 5.59. The Morgan fingerprint density at radius 3 is 2.84 bits per heavy atom. The fourth-order valence-corrected chi connectivity index (χ4v) is 2.16. The van der Waals surface area contributed by atoms with Gasteiger partial charge in [-0.1, -0.05) is 0 Å². The van der Waals surface area contributed by atoms with E-state index in [1.165, 1.54) is 5.56 Å². The normalized spacial score (nSPS) is 11.2. The minimum absolute atomic E-state index is 0.708. The summed E-state index contributed by atoms with van der Waals surface area (Å²) in [4.78, 5) is 0. The number of aromatic nitrogens is 2. The van der Waals surface area contributed by atoms with Gasteiger partial charge in [0.1, 0.15) is 17.2 Å². The van der Waals surface area contributed by atoms with E-state index in [-0.39, 0.29) is 0 Å². The first-order valence-corrected chi connectivity index (χ1v) is 6.41. The fraction of sp³-hybridized carbons (Fsp3) is 0.500. The van der Waals surface area contributed by atoms with Crippen molar-refractivity contribution in [2.24, 2.45) is 7.05 Å². The molecule has 0 fully saturated rings. The zero-order chi connectivity index (χ0) is 13.8. The van der Waals surface area contributed by atoms with Crippen molar-refractivity contribution < 1.29 is 9.15 Å². The number of nitrogens with one attached hydrogen (secondary N) is 1. The molecule has 2 rings (SSSR count). The number of hydrogen-bond donors (Lipinski definition) is 1. The third-order valence-corrected chi connectivity index (χ3v) is 3.00.